The molecule has 0 aromatic heterocycles. The van der Waals surface area contributed by atoms with E-state index in [1.54, 1.807) is 0 Å². The lowest BCUT2D eigenvalue weighted by molar-refractivity contribution is 0.277. The van der Waals surface area contributed by atoms with Crippen LogP contribution in [0.25, 0.3) is 0 Å². The van der Waals surface area contributed by atoms with Gasteiger partial charge in [-0.1, -0.05) is 27.7 Å². The Morgan fingerprint density at radius 2 is 1.60 bits per heavy atom. The van der Waals surface area contributed by atoms with Crippen molar-refractivity contribution in [3.8, 4) is 0 Å². The fourth-order valence-electron chi connectivity index (χ4n) is 1.85. The highest BCUT2D eigenvalue weighted by atomic mass is 15.1. The Kier molecular flexibility index (Phi) is 9.12. The van der Waals surface area contributed by atoms with Crippen LogP contribution in [-0.4, -0.2) is 37.6 Å². The highest BCUT2D eigenvalue weighted by Crippen LogP contribution is 2.09. The summed E-state index contributed by atoms with van der Waals surface area (Å²) in [5, 5.41) is 3.43. The van der Waals surface area contributed by atoms with Gasteiger partial charge in [0.2, 0.25) is 0 Å². The normalized spacial score (nSPS) is 13.8. The van der Waals surface area contributed by atoms with Crippen molar-refractivity contribution in [2.45, 2.75) is 53.0 Å². The first-order chi connectivity index (χ1) is 7.13. The van der Waals surface area contributed by atoms with E-state index in [0.29, 0.717) is 6.04 Å². The van der Waals surface area contributed by atoms with Gasteiger partial charge in [0.05, 0.1) is 0 Å². The second-order valence-corrected chi connectivity index (χ2v) is 4.77. The maximum absolute atomic E-state index is 3.43. The zero-order valence-electron chi connectivity index (χ0n) is 11.3. The minimum absolute atomic E-state index is 0.702. The van der Waals surface area contributed by atoms with Crippen LogP contribution in [-0.2, 0) is 0 Å². The van der Waals surface area contributed by atoms with Crippen molar-refractivity contribution in [2.24, 2.45) is 5.92 Å². The fourth-order valence-corrected chi connectivity index (χ4v) is 1.85. The number of rotatable bonds is 9. The van der Waals surface area contributed by atoms with Crippen LogP contribution < -0.4 is 5.32 Å². The highest BCUT2D eigenvalue weighted by molar-refractivity contribution is 4.68. The minimum Gasteiger partial charge on any atom is -0.317 e. The largest absolute Gasteiger partial charge is 0.317 e. The first-order valence-electron chi connectivity index (χ1n) is 6.53. The average molecular weight is 214 g/mol. The molecule has 92 valence electrons. The molecule has 0 saturated carbocycles. The van der Waals surface area contributed by atoms with Crippen LogP contribution in [0, 0.1) is 5.92 Å². The summed E-state index contributed by atoms with van der Waals surface area (Å²) >= 11 is 0. The Bertz CT molecular complexity index is 130. The van der Waals surface area contributed by atoms with Crippen molar-refractivity contribution < 1.29 is 0 Å². The number of hydrogen-bond donors (Lipinski definition) is 1. The van der Waals surface area contributed by atoms with E-state index >= 15 is 0 Å². The van der Waals surface area contributed by atoms with E-state index in [9.17, 15) is 0 Å². The Morgan fingerprint density at radius 3 is 2.00 bits per heavy atom. The molecule has 2 nitrogen and oxygen atoms in total. The van der Waals surface area contributed by atoms with Crippen molar-refractivity contribution in [3.63, 3.8) is 0 Å². The van der Waals surface area contributed by atoms with Gasteiger partial charge < -0.3 is 10.2 Å². The molecule has 0 aliphatic carbocycles. The molecule has 0 saturated heterocycles. The lowest BCUT2D eigenvalue weighted by Gasteiger charge is -2.23. The molecule has 0 aliphatic heterocycles. The van der Waals surface area contributed by atoms with E-state index < -0.39 is 0 Å². The highest BCUT2D eigenvalue weighted by Gasteiger charge is 2.08. The molecule has 0 spiro atoms. The van der Waals surface area contributed by atoms with Gasteiger partial charge in [-0.15, -0.1) is 0 Å². The first kappa shape index (κ1) is 14.9. The van der Waals surface area contributed by atoms with Crippen molar-refractivity contribution in [2.75, 3.05) is 26.7 Å². The van der Waals surface area contributed by atoms with Gasteiger partial charge in [-0.2, -0.15) is 0 Å². The lowest BCUT2D eigenvalue weighted by atomic mass is 10.0. The van der Waals surface area contributed by atoms with E-state index in [-0.39, 0.29) is 0 Å². The molecule has 0 aliphatic rings. The maximum Gasteiger partial charge on any atom is 0.00763 e. The fraction of sp³-hybridized carbons (Fsp3) is 1.00. The van der Waals surface area contributed by atoms with Gasteiger partial charge in [0.1, 0.15) is 0 Å². The van der Waals surface area contributed by atoms with Gasteiger partial charge in [0, 0.05) is 6.04 Å². The molecule has 0 bridgehead atoms. The maximum atomic E-state index is 3.43. The number of nitrogens with one attached hydrogen (secondary N) is 1. The third kappa shape index (κ3) is 7.80. The molecule has 0 amide bonds. The molecule has 1 atom stereocenters. The molecular weight excluding hydrogens is 184 g/mol. The van der Waals surface area contributed by atoms with E-state index in [1.807, 2.05) is 0 Å². The molecule has 15 heavy (non-hydrogen) atoms. The zero-order valence-corrected chi connectivity index (χ0v) is 11.3. The zero-order chi connectivity index (χ0) is 11.7. The third-order valence-electron chi connectivity index (χ3n) is 3.19. The summed E-state index contributed by atoms with van der Waals surface area (Å²) in [4.78, 5) is 2.50. The van der Waals surface area contributed by atoms with Crippen molar-refractivity contribution in [1.82, 2.24) is 10.2 Å². The number of hydrogen-bond acceptors (Lipinski definition) is 2. The van der Waals surface area contributed by atoms with Crippen LogP contribution >= 0.6 is 0 Å². The monoisotopic (exact) mass is 214 g/mol. The van der Waals surface area contributed by atoms with E-state index in [4.69, 9.17) is 0 Å². The van der Waals surface area contributed by atoms with Gasteiger partial charge in [-0.25, -0.2) is 0 Å². The van der Waals surface area contributed by atoms with E-state index in [1.165, 1.54) is 38.9 Å². The molecule has 0 heterocycles. The van der Waals surface area contributed by atoms with Crippen LogP contribution in [0.1, 0.15) is 47.0 Å². The molecule has 0 aromatic carbocycles. The molecule has 1 unspecified atom stereocenters. The predicted molar refractivity (Wildman–Crippen MR) is 69.3 cm³/mol. The van der Waals surface area contributed by atoms with E-state index in [0.717, 1.165) is 5.92 Å². The molecule has 0 aromatic rings. The Morgan fingerprint density at radius 1 is 1.00 bits per heavy atom. The SMILES string of the molecule is CCN(CC)CCC(CCC(C)C)NC. The van der Waals surface area contributed by atoms with E-state index in [2.05, 4.69) is 45.0 Å². The summed E-state index contributed by atoms with van der Waals surface area (Å²) in [6.45, 7) is 12.7. The lowest BCUT2D eigenvalue weighted by Crippen LogP contribution is -2.32. The standard InChI is InChI=1S/C13H30N2/c1-6-15(7-2)11-10-13(14-5)9-8-12(3)4/h12-14H,6-11H2,1-5H3. The topological polar surface area (TPSA) is 15.3 Å². The second-order valence-electron chi connectivity index (χ2n) is 4.77. The summed E-state index contributed by atoms with van der Waals surface area (Å²) in [5.74, 6) is 0.828. The van der Waals surface area contributed by atoms with Crippen LogP contribution in [0.3, 0.4) is 0 Å². The summed E-state index contributed by atoms with van der Waals surface area (Å²) < 4.78 is 0. The van der Waals surface area contributed by atoms with Gasteiger partial charge in [0.15, 0.2) is 0 Å². The summed E-state index contributed by atoms with van der Waals surface area (Å²) in [5.41, 5.74) is 0. The van der Waals surface area contributed by atoms with Gasteiger partial charge in [-0.3, -0.25) is 0 Å². The second kappa shape index (κ2) is 9.17. The summed E-state index contributed by atoms with van der Waals surface area (Å²) in [6, 6.07) is 0.702. The van der Waals surface area contributed by atoms with Crippen molar-refractivity contribution in [1.29, 1.82) is 0 Å². The van der Waals surface area contributed by atoms with Gasteiger partial charge in [-0.05, 0) is 51.9 Å². The van der Waals surface area contributed by atoms with Crippen LogP contribution in [0.15, 0.2) is 0 Å². The Balaban J connectivity index is 3.68. The molecule has 1 N–H and O–H groups in total. The Labute approximate surface area is 96.4 Å². The quantitative estimate of drug-likeness (QED) is 0.635. The summed E-state index contributed by atoms with van der Waals surface area (Å²) in [7, 11) is 2.09. The molecule has 0 rings (SSSR count). The van der Waals surface area contributed by atoms with Crippen LogP contribution in [0.2, 0.25) is 0 Å². The van der Waals surface area contributed by atoms with Crippen LogP contribution in [0.4, 0.5) is 0 Å². The average Bonchev–Trinajstić information content (AvgIpc) is 2.23. The molecular formula is C13H30N2. The van der Waals surface area contributed by atoms with Crippen LogP contribution in [0.5, 0.6) is 0 Å². The van der Waals surface area contributed by atoms with Crippen molar-refractivity contribution >= 4 is 0 Å². The first-order valence-corrected chi connectivity index (χ1v) is 6.53. The number of nitrogens with zero attached hydrogens (tertiary/aromatic N) is 1. The van der Waals surface area contributed by atoms with Gasteiger partial charge in [0.25, 0.3) is 0 Å². The predicted octanol–water partition coefficient (Wildman–Crippen LogP) is 2.74. The molecule has 0 radical (unpaired) electrons. The molecule has 2 heteroatoms. The third-order valence-corrected chi connectivity index (χ3v) is 3.19. The Hall–Kier alpha value is -0.0800. The molecule has 0 fully saturated rings. The smallest absolute Gasteiger partial charge is 0.00763 e. The van der Waals surface area contributed by atoms with Crippen molar-refractivity contribution in [3.05, 3.63) is 0 Å². The van der Waals surface area contributed by atoms with Gasteiger partial charge >= 0.3 is 0 Å². The minimum atomic E-state index is 0.702. The summed E-state index contributed by atoms with van der Waals surface area (Å²) in [6.07, 6.45) is 3.93.